The summed E-state index contributed by atoms with van der Waals surface area (Å²) in [5, 5.41) is 13.2. The summed E-state index contributed by atoms with van der Waals surface area (Å²) in [5.41, 5.74) is 1.03. The number of aliphatic hydroxyl groups excluding tert-OH is 1. The molecule has 2 N–H and O–H groups in total. The van der Waals surface area contributed by atoms with Crippen LogP contribution in [0.1, 0.15) is 30.3 Å². The molecule has 0 saturated heterocycles. The van der Waals surface area contributed by atoms with E-state index in [0.717, 1.165) is 18.4 Å². The fourth-order valence-electron chi connectivity index (χ4n) is 2.30. The summed E-state index contributed by atoms with van der Waals surface area (Å²) < 4.78 is 5.21. The molecule has 1 atom stereocenters. The lowest BCUT2D eigenvalue weighted by Crippen LogP contribution is -2.42. The van der Waals surface area contributed by atoms with Crippen LogP contribution in [0, 0.1) is 0 Å². The third-order valence-electron chi connectivity index (χ3n) is 3.67. The number of hydrogen-bond acceptors (Lipinski definition) is 3. The Balaban J connectivity index is 1.68. The summed E-state index contributed by atoms with van der Waals surface area (Å²) in [4.78, 5) is 14.0. The summed E-state index contributed by atoms with van der Waals surface area (Å²) in [5.74, 6) is 0.470. The minimum Gasteiger partial charge on any atom is -0.467 e. The summed E-state index contributed by atoms with van der Waals surface area (Å²) in [6.07, 6.45) is 2.76. The predicted molar refractivity (Wildman–Crippen MR) is 82.1 cm³/mol. The predicted octanol–water partition coefficient (Wildman–Crippen LogP) is 2.69. The van der Waals surface area contributed by atoms with E-state index in [1.54, 1.807) is 17.0 Å². The molecule has 3 rings (SSSR count). The van der Waals surface area contributed by atoms with E-state index >= 15 is 0 Å². The Morgan fingerprint density at radius 1 is 1.27 bits per heavy atom. The number of aliphatic hydroxyl groups is 1. The maximum Gasteiger partial charge on any atom is 0.318 e. The van der Waals surface area contributed by atoms with Gasteiger partial charge in [-0.3, -0.25) is 0 Å². The molecule has 1 fully saturated rings. The quantitative estimate of drug-likeness (QED) is 0.862. The van der Waals surface area contributed by atoms with Gasteiger partial charge in [-0.2, -0.15) is 0 Å². The topological polar surface area (TPSA) is 65.7 Å². The molecule has 2 aromatic rings. The van der Waals surface area contributed by atoms with Gasteiger partial charge in [-0.15, -0.1) is 0 Å². The second-order valence-corrected chi connectivity index (χ2v) is 5.62. The van der Waals surface area contributed by atoms with E-state index in [1.807, 2.05) is 30.3 Å². The van der Waals surface area contributed by atoms with Crippen molar-refractivity contribution >= 4 is 6.03 Å². The van der Waals surface area contributed by atoms with Crippen molar-refractivity contribution in [1.29, 1.82) is 0 Å². The molecular formula is C17H20N2O3. The number of carbonyl (C=O) groups excluding carboxylic acids is 1. The Morgan fingerprint density at radius 3 is 2.68 bits per heavy atom. The van der Waals surface area contributed by atoms with Gasteiger partial charge in [0.15, 0.2) is 0 Å². The van der Waals surface area contributed by atoms with Gasteiger partial charge in [0.1, 0.15) is 11.9 Å². The van der Waals surface area contributed by atoms with E-state index in [1.165, 1.54) is 6.26 Å². The Morgan fingerprint density at radius 2 is 2.05 bits per heavy atom. The van der Waals surface area contributed by atoms with Gasteiger partial charge in [-0.25, -0.2) is 4.79 Å². The number of nitrogens with zero attached hydrogens (tertiary/aromatic N) is 1. The maximum atomic E-state index is 12.4. The van der Waals surface area contributed by atoms with Crippen molar-refractivity contribution in [3.05, 3.63) is 60.1 Å². The lowest BCUT2D eigenvalue weighted by molar-refractivity contribution is 0.101. The van der Waals surface area contributed by atoms with Crippen molar-refractivity contribution in [2.24, 2.45) is 0 Å². The van der Waals surface area contributed by atoms with Gasteiger partial charge >= 0.3 is 6.03 Å². The van der Waals surface area contributed by atoms with Crippen LogP contribution in [0.2, 0.25) is 0 Å². The van der Waals surface area contributed by atoms with Crippen LogP contribution < -0.4 is 5.32 Å². The van der Waals surface area contributed by atoms with E-state index in [0.29, 0.717) is 12.3 Å². The molecule has 0 spiro atoms. The van der Waals surface area contributed by atoms with Gasteiger partial charge in [0.2, 0.25) is 0 Å². The zero-order valence-electron chi connectivity index (χ0n) is 12.3. The van der Waals surface area contributed by atoms with Gasteiger partial charge in [0, 0.05) is 12.6 Å². The van der Waals surface area contributed by atoms with Crippen LogP contribution in [0.5, 0.6) is 0 Å². The van der Waals surface area contributed by atoms with Crippen molar-refractivity contribution in [2.45, 2.75) is 31.5 Å². The van der Waals surface area contributed by atoms with Crippen molar-refractivity contribution in [3.8, 4) is 0 Å². The molecule has 2 amide bonds. The zero-order chi connectivity index (χ0) is 15.4. The highest BCUT2D eigenvalue weighted by Gasteiger charge is 2.27. The molecule has 1 saturated carbocycles. The number of amides is 2. The average molecular weight is 300 g/mol. The zero-order valence-corrected chi connectivity index (χ0v) is 12.3. The molecule has 1 unspecified atom stereocenters. The summed E-state index contributed by atoms with van der Waals surface area (Å²) in [7, 11) is 0. The van der Waals surface area contributed by atoms with Gasteiger partial charge in [-0.05, 0) is 30.5 Å². The van der Waals surface area contributed by atoms with Crippen LogP contribution >= 0.6 is 0 Å². The molecule has 0 bridgehead atoms. The Kier molecular flexibility index (Phi) is 4.44. The van der Waals surface area contributed by atoms with Crippen LogP contribution in [-0.4, -0.2) is 28.6 Å². The minimum atomic E-state index is -0.830. The lowest BCUT2D eigenvalue weighted by atomic mass is 10.2. The molecular weight excluding hydrogens is 280 g/mol. The molecule has 0 radical (unpaired) electrons. The Labute approximate surface area is 129 Å². The molecule has 1 aromatic heterocycles. The SMILES string of the molecule is O=C(NC1CC1)N(Cc1ccccc1)CC(O)c1ccco1. The van der Waals surface area contributed by atoms with Crippen LogP contribution in [0.3, 0.4) is 0 Å². The van der Waals surface area contributed by atoms with E-state index in [4.69, 9.17) is 4.42 Å². The highest BCUT2D eigenvalue weighted by molar-refractivity contribution is 5.75. The number of nitrogens with one attached hydrogen (secondary N) is 1. The number of carbonyl (C=O) groups is 1. The molecule has 1 aromatic carbocycles. The molecule has 116 valence electrons. The second kappa shape index (κ2) is 6.66. The van der Waals surface area contributed by atoms with E-state index in [2.05, 4.69) is 5.32 Å². The highest BCUT2D eigenvalue weighted by Crippen LogP contribution is 2.21. The first-order valence-corrected chi connectivity index (χ1v) is 7.53. The molecule has 5 heteroatoms. The standard InChI is InChI=1S/C17H20N2O3/c20-15(16-7-4-10-22-16)12-19(17(21)18-14-8-9-14)11-13-5-2-1-3-6-13/h1-7,10,14-15,20H,8-9,11-12H2,(H,18,21). The normalized spacial score (nSPS) is 15.3. The average Bonchev–Trinajstić information content (AvgIpc) is 3.17. The second-order valence-electron chi connectivity index (χ2n) is 5.62. The van der Waals surface area contributed by atoms with E-state index in [-0.39, 0.29) is 18.6 Å². The first-order valence-electron chi connectivity index (χ1n) is 7.53. The van der Waals surface area contributed by atoms with Crippen LogP contribution in [0.4, 0.5) is 4.79 Å². The smallest absolute Gasteiger partial charge is 0.318 e. The van der Waals surface area contributed by atoms with Gasteiger partial charge in [0.25, 0.3) is 0 Å². The number of rotatable bonds is 6. The van der Waals surface area contributed by atoms with Crippen molar-refractivity contribution in [3.63, 3.8) is 0 Å². The molecule has 1 heterocycles. The van der Waals surface area contributed by atoms with Crippen LogP contribution in [0.25, 0.3) is 0 Å². The van der Waals surface area contributed by atoms with Gasteiger partial charge in [0.05, 0.1) is 12.8 Å². The van der Waals surface area contributed by atoms with Gasteiger partial charge in [-0.1, -0.05) is 30.3 Å². The number of benzene rings is 1. The third-order valence-corrected chi connectivity index (χ3v) is 3.67. The monoisotopic (exact) mass is 300 g/mol. The summed E-state index contributed by atoms with van der Waals surface area (Å²) in [6, 6.07) is 13.3. The summed E-state index contributed by atoms with van der Waals surface area (Å²) in [6.45, 7) is 0.651. The molecule has 22 heavy (non-hydrogen) atoms. The Hall–Kier alpha value is -2.27. The van der Waals surface area contributed by atoms with E-state index in [9.17, 15) is 9.90 Å². The lowest BCUT2D eigenvalue weighted by Gasteiger charge is -2.25. The first kappa shape index (κ1) is 14.7. The molecule has 5 nitrogen and oxygen atoms in total. The fraction of sp³-hybridized carbons (Fsp3) is 0.353. The molecule has 0 aliphatic heterocycles. The fourth-order valence-corrected chi connectivity index (χ4v) is 2.30. The highest BCUT2D eigenvalue weighted by atomic mass is 16.4. The first-order chi connectivity index (χ1) is 10.7. The number of hydrogen-bond donors (Lipinski definition) is 2. The van der Waals surface area contributed by atoms with Crippen molar-refractivity contribution in [2.75, 3.05) is 6.54 Å². The third kappa shape index (κ3) is 3.89. The van der Waals surface area contributed by atoms with Crippen molar-refractivity contribution in [1.82, 2.24) is 10.2 Å². The molecule has 1 aliphatic rings. The van der Waals surface area contributed by atoms with E-state index < -0.39 is 6.10 Å². The largest absolute Gasteiger partial charge is 0.467 e. The maximum absolute atomic E-state index is 12.4. The summed E-state index contributed by atoms with van der Waals surface area (Å²) >= 11 is 0. The Bertz CT molecular complexity index is 594. The van der Waals surface area contributed by atoms with Crippen molar-refractivity contribution < 1.29 is 14.3 Å². The minimum absolute atomic E-state index is 0.142. The molecule has 1 aliphatic carbocycles. The number of urea groups is 1. The van der Waals surface area contributed by atoms with Crippen LogP contribution in [0.15, 0.2) is 53.1 Å². The van der Waals surface area contributed by atoms with Gasteiger partial charge < -0.3 is 19.7 Å². The number of furan rings is 1. The van der Waals surface area contributed by atoms with Crippen LogP contribution in [-0.2, 0) is 6.54 Å².